The summed E-state index contributed by atoms with van der Waals surface area (Å²) in [7, 11) is -8.90. The number of rotatable bonds is 16. The minimum absolute atomic E-state index is 0.0915. The molecule has 0 unspecified atom stereocenters. The summed E-state index contributed by atoms with van der Waals surface area (Å²) >= 11 is 0. The predicted molar refractivity (Wildman–Crippen MR) is 209 cm³/mol. The smallest absolute Gasteiger partial charge is 0.303 e. The Balaban J connectivity index is 1.45. The highest BCUT2D eigenvalue weighted by molar-refractivity contribution is 7.86. The Kier molecular flexibility index (Phi) is 12.4. The number of carbonyl (C=O) groups is 2. The highest BCUT2D eigenvalue weighted by Crippen LogP contribution is 2.56. The molecule has 0 radical (unpaired) electrons. The number of allylic oxidation sites excluding steroid dienone is 4. The lowest BCUT2D eigenvalue weighted by Crippen LogP contribution is -2.37. The van der Waals surface area contributed by atoms with Gasteiger partial charge in [0.05, 0.1) is 15.2 Å². The Morgan fingerprint density at radius 3 is 1.82 bits per heavy atom. The summed E-state index contributed by atoms with van der Waals surface area (Å²) in [5.74, 6) is -1.66. The van der Waals surface area contributed by atoms with E-state index >= 15 is 0 Å². The van der Waals surface area contributed by atoms with Crippen molar-refractivity contribution < 1.29 is 50.3 Å². The molecule has 0 atom stereocenters. The van der Waals surface area contributed by atoms with Crippen molar-refractivity contribution in [1.82, 2.24) is 0 Å². The number of carboxylic acid groups (broad SMARTS) is 2. The first kappa shape index (κ1) is 40.8. The molecule has 4 N–H and O–H groups in total. The fourth-order valence-corrected chi connectivity index (χ4v) is 10.7. The van der Waals surface area contributed by atoms with Gasteiger partial charge in [0.1, 0.15) is 6.54 Å². The second-order valence-electron chi connectivity index (χ2n) is 15.6. The van der Waals surface area contributed by atoms with E-state index in [-0.39, 0.29) is 22.6 Å². The number of hydrogen-bond acceptors (Lipinski definition) is 7. The molecule has 2 spiro atoms. The summed E-state index contributed by atoms with van der Waals surface area (Å²) in [5.41, 5.74) is 4.61. The normalized spacial score (nSPS) is 19.8. The maximum absolute atomic E-state index is 12.4. The van der Waals surface area contributed by atoms with E-state index < -0.39 is 43.0 Å². The van der Waals surface area contributed by atoms with E-state index in [2.05, 4.69) is 27.7 Å². The molecule has 0 saturated heterocycles. The molecule has 2 aromatic rings. The average molecular weight is 798 g/mol. The van der Waals surface area contributed by atoms with Crippen LogP contribution in [0.25, 0.3) is 0 Å². The molecule has 0 aromatic heterocycles. The van der Waals surface area contributed by atoms with E-state index in [1.54, 1.807) is 24.3 Å². The molecule has 0 bridgehead atoms. The molecule has 4 aliphatic rings. The topological polar surface area (TPSA) is 190 Å². The van der Waals surface area contributed by atoms with Crippen molar-refractivity contribution in [3.05, 3.63) is 71.5 Å². The van der Waals surface area contributed by atoms with Crippen LogP contribution in [0.2, 0.25) is 0 Å². The van der Waals surface area contributed by atoms with Crippen molar-refractivity contribution in [2.75, 3.05) is 18.0 Å². The number of benzene rings is 2. The lowest BCUT2D eigenvalue weighted by molar-refractivity contribution is -0.438. The van der Waals surface area contributed by atoms with Crippen molar-refractivity contribution in [3.8, 4) is 0 Å². The van der Waals surface area contributed by atoms with Gasteiger partial charge < -0.3 is 15.1 Å². The fraction of sp³-hybridized carbons (Fsp3) is 0.537. The van der Waals surface area contributed by atoms with E-state index in [9.17, 15) is 45.7 Å². The minimum Gasteiger partial charge on any atom is -0.481 e. The summed E-state index contributed by atoms with van der Waals surface area (Å²) in [6.07, 6.45) is 19.6. The zero-order valence-electron chi connectivity index (χ0n) is 31.3. The monoisotopic (exact) mass is 797 g/mol. The molecule has 2 fully saturated rings. The third kappa shape index (κ3) is 8.62. The van der Waals surface area contributed by atoms with Crippen LogP contribution in [-0.4, -0.2) is 71.5 Å². The summed E-state index contributed by atoms with van der Waals surface area (Å²) < 4.78 is 71.8. The van der Waals surface area contributed by atoms with Crippen LogP contribution in [0.5, 0.6) is 0 Å². The van der Waals surface area contributed by atoms with E-state index in [4.69, 9.17) is 0 Å². The molecule has 14 heteroatoms. The number of aliphatic carboxylic acids is 2. The van der Waals surface area contributed by atoms with Crippen LogP contribution in [0.4, 0.5) is 11.4 Å². The van der Waals surface area contributed by atoms with Gasteiger partial charge in [0.2, 0.25) is 5.69 Å². The molecule has 2 aliphatic carbocycles. The Bertz CT molecular complexity index is 2110. The highest BCUT2D eigenvalue weighted by Gasteiger charge is 2.52. The Morgan fingerprint density at radius 1 is 0.691 bits per heavy atom. The summed E-state index contributed by atoms with van der Waals surface area (Å²) in [6.45, 7) is 1.21. The lowest BCUT2D eigenvalue weighted by Gasteiger charge is -2.37. The van der Waals surface area contributed by atoms with E-state index in [1.807, 2.05) is 0 Å². The number of hydrogen-bond donors (Lipinski definition) is 4. The number of nitrogens with zero attached hydrogens (tertiary/aromatic N) is 2. The molecular formula is C41H53N2O10S2+. The zero-order chi connectivity index (χ0) is 39.4. The van der Waals surface area contributed by atoms with Crippen LogP contribution in [0, 0.1) is 0 Å². The molecule has 0 amide bonds. The number of fused-ring (bicyclic) bond motifs is 4. The van der Waals surface area contributed by atoms with Crippen molar-refractivity contribution >= 4 is 49.3 Å². The van der Waals surface area contributed by atoms with Crippen LogP contribution in [0.3, 0.4) is 0 Å². The molecule has 298 valence electrons. The molecule has 2 heterocycles. The van der Waals surface area contributed by atoms with Gasteiger partial charge in [-0.2, -0.15) is 21.4 Å². The first-order valence-corrected chi connectivity index (χ1v) is 22.5. The van der Waals surface area contributed by atoms with E-state index in [1.165, 1.54) is 12.1 Å². The number of unbranched alkanes of at least 4 members (excludes halogenated alkanes) is 4. The van der Waals surface area contributed by atoms with E-state index in [0.717, 1.165) is 111 Å². The average Bonchev–Trinajstić information content (AvgIpc) is 3.52. The van der Waals surface area contributed by atoms with Crippen molar-refractivity contribution in [2.45, 2.75) is 136 Å². The number of anilines is 1. The van der Waals surface area contributed by atoms with Crippen molar-refractivity contribution in [2.24, 2.45) is 0 Å². The van der Waals surface area contributed by atoms with Crippen molar-refractivity contribution in [1.29, 1.82) is 0 Å². The molecule has 12 nitrogen and oxygen atoms in total. The lowest BCUT2D eigenvalue weighted by atomic mass is 9.67. The van der Waals surface area contributed by atoms with Gasteiger partial charge in [0.15, 0.2) is 5.71 Å². The highest BCUT2D eigenvalue weighted by atomic mass is 32.2. The first-order chi connectivity index (χ1) is 26.2. The van der Waals surface area contributed by atoms with Crippen molar-refractivity contribution in [3.63, 3.8) is 0 Å². The molecule has 2 aromatic carbocycles. The molecule has 55 heavy (non-hydrogen) atoms. The maximum Gasteiger partial charge on any atom is 0.303 e. The van der Waals surface area contributed by atoms with Gasteiger partial charge in [0.25, 0.3) is 20.2 Å². The van der Waals surface area contributed by atoms with Crippen LogP contribution >= 0.6 is 0 Å². The molecule has 2 aliphatic heterocycles. The van der Waals surface area contributed by atoms with Crippen LogP contribution in [0.1, 0.15) is 127 Å². The molecule has 6 rings (SSSR count). The van der Waals surface area contributed by atoms with Crippen LogP contribution in [-0.2, 0) is 40.7 Å². The van der Waals surface area contributed by atoms with Gasteiger partial charge in [-0.25, -0.2) is 0 Å². The standard InChI is InChI=1S/C41H52N2O10S2/c44-38(45)16-5-1-11-26-42-34-20-18-30(54(48,49)50)28-32(34)40(22-7-3-8-23-40)36(42)14-13-15-37-41(24-9-4-10-25-41)33-29-31(55(51,52)53)19-21-35(33)43(37)27-12-2-6-17-39(46)47/h13-15,18-21,28-29H,1-12,16-17,22-27H2,(H3-,44,45,46,47,48,49,50,51,52,53)/p+1. The summed E-state index contributed by atoms with van der Waals surface area (Å²) in [4.78, 5) is 24.3. The van der Waals surface area contributed by atoms with Gasteiger partial charge in [-0.1, -0.05) is 51.0 Å². The predicted octanol–water partition coefficient (Wildman–Crippen LogP) is 7.93. The minimum atomic E-state index is -4.45. The summed E-state index contributed by atoms with van der Waals surface area (Å²) in [5, 5.41) is 18.4. The maximum atomic E-state index is 12.4. The zero-order valence-corrected chi connectivity index (χ0v) is 32.9. The second kappa shape index (κ2) is 16.7. The Morgan fingerprint density at radius 2 is 1.24 bits per heavy atom. The molecular weight excluding hydrogens is 745 g/mol. The van der Waals surface area contributed by atoms with Gasteiger partial charge >= 0.3 is 11.9 Å². The van der Waals surface area contributed by atoms with Crippen LogP contribution < -0.4 is 4.90 Å². The Hall–Kier alpha value is -3.85. The SMILES string of the molecule is O=C(O)CCCCCN1/C(=C\C=C\C2=[N+](CCCCCC(=O)O)c3ccc(S(=O)(=O)O)cc3C23CCCCC3)C2(CCCCC2)c2cc(S(=O)(=O)O)ccc21. The van der Waals surface area contributed by atoms with Gasteiger partial charge in [-0.3, -0.25) is 18.7 Å². The van der Waals surface area contributed by atoms with Crippen LogP contribution in [0.15, 0.2) is 70.1 Å². The first-order valence-electron chi connectivity index (χ1n) is 19.7. The number of carboxylic acids is 2. The van der Waals surface area contributed by atoms with Gasteiger partial charge in [0, 0.05) is 60.3 Å². The van der Waals surface area contributed by atoms with E-state index in [0.29, 0.717) is 38.8 Å². The molecule has 2 saturated carbocycles. The Labute approximate surface area is 324 Å². The van der Waals surface area contributed by atoms with Gasteiger partial charge in [-0.05, 0) is 93.3 Å². The van der Waals surface area contributed by atoms with Gasteiger partial charge in [-0.15, -0.1) is 0 Å². The largest absolute Gasteiger partial charge is 0.481 e. The quantitative estimate of drug-likeness (QED) is 0.0733. The summed E-state index contributed by atoms with van der Waals surface area (Å²) in [6, 6.07) is 9.67. The third-order valence-electron chi connectivity index (χ3n) is 12.2. The second-order valence-corrected chi connectivity index (χ2v) is 18.4. The fourth-order valence-electron chi connectivity index (χ4n) is 9.66. The third-order valence-corrected chi connectivity index (χ3v) is 13.9.